The molecule has 3 nitrogen and oxygen atoms in total. The Hall–Kier alpha value is -2.36. The van der Waals surface area contributed by atoms with Crippen molar-refractivity contribution in [2.75, 3.05) is 5.73 Å². The first-order valence-corrected chi connectivity index (χ1v) is 5.56. The first kappa shape index (κ1) is 10.8. The Labute approximate surface area is 103 Å². The van der Waals surface area contributed by atoms with E-state index in [1.165, 1.54) is 12.1 Å². The molecule has 0 atom stereocenters. The summed E-state index contributed by atoms with van der Waals surface area (Å²) >= 11 is 0. The Morgan fingerprint density at radius 2 is 2.00 bits per heavy atom. The number of nitrogens with zero attached hydrogens (tertiary/aromatic N) is 1. The van der Waals surface area contributed by atoms with E-state index in [2.05, 4.69) is 4.98 Å². The Morgan fingerprint density at radius 1 is 1.17 bits per heavy atom. The molecule has 2 aromatic carbocycles. The summed E-state index contributed by atoms with van der Waals surface area (Å²) in [5.74, 6) is 0.157. The summed E-state index contributed by atoms with van der Waals surface area (Å²) in [6.45, 7) is 1.93. The van der Waals surface area contributed by atoms with Gasteiger partial charge in [0.15, 0.2) is 5.58 Å². The van der Waals surface area contributed by atoms with E-state index >= 15 is 0 Å². The van der Waals surface area contributed by atoms with E-state index in [4.69, 9.17) is 10.2 Å². The van der Waals surface area contributed by atoms with Crippen LogP contribution in [0.15, 0.2) is 40.8 Å². The van der Waals surface area contributed by atoms with Gasteiger partial charge in [0.25, 0.3) is 0 Å². The zero-order valence-corrected chi connectivity index (χ0v) is 9.77. The molecular weight excluding hydrogens is 231 g/mol. The summed E-state index contributed by atoms with van der Waals surface area (Å²) in [6, 6.07) is 9.78. The second-order valence-electron chi connectivity index (χ2n) is 4.21. The minimum absolute atomic E-state index is 0.323. The zero-order valence-electron chi connectivity index (χ0n) is 9.77. The number of fused-ring (bicyclic) bond motifs is 1. The first-order valence-electron chi connectivity index (χ1n) is 5.56. The third-order valence-electron chi connectivity index (χ3n) is 2.83. The van der Waals surface area contributed by atoms with Crippen LogP contribution in [0.1, 0.15) is 5.56 Å². The predicted octanol–water partition coefficient (Wildman–Crippen LogP) is 3.52. The molecule has 0 saturated heterocycles. The largest absolute Gasteiger partial charge is 0.436 e. The van der Waals surface area contributed by atoms with E-state index in [9.17, 15) is 4.39 Å². The number of nitrogen functional groups attached to an aromatic ring is 1. The van der Waals surface area contributed by atoms with Crippen LogP contribution in [0.2, 0.25) is 0 Å². The Balaban J connectivity index is 2.19. The molecule has 1 aromatic heterocycles. The van der Waals surface area contributed by atoms with Crippen LogP contribution in [-0.2, 0) is 0 Å². The Morgan fingerprint density at radius 3 is 2.78 bits per heavy atom. The van der Waals surface area contributed by atoms with Gasteiger partial charge in [-0.25, -0.2) is 9.37 Å². The molecule has 0 fully saturated rings. The fourth-order valence-electron chi connectivity index (χ4n) is 1.94. The molecule has 18 heavy (non-hydrogen) atoms. The number of aryl methyl sites for hydroxylation is 1. The highest BCUT2D eigenvalue weighted by Gasteiger charge is 2.11. The van der Waals surface area contributed by atoms with Gasteiger partial charge in [-0.05, 0) is 42.8 Å². The third kappa shape index (κ3) is 1.72. The summed E-state index contributed by atoms with van der Waals surface area (Å²) in [6.07, 6.45) is 0. The predicted molar refractivity (Wildman–Crippen MR) is 68.6 cm³/mol. The smallest absolute Gasteiger partial charge is 0.227 e. The highest BCUT2D eigenvalue weighted by atomic mass is 19.1. The number of hydrogen-bond donors (Lipinski definition) is 1. The van der Waals surface area contributed by atoms with E-state index < -0.39 is 0 Å². The molecule has 2 N–H and O–H groups in total. The average molecular weight is 242 g/mol. The van der Waals surface area contributed by atoms with Gasteiger partial charge in [-0.2, -0.15) is 0 Å². The lowest BCUT2D eigenvalue weighted by atomic mass is 10.1. The SMILES string of the molecule is Cc1cc(N)ccc1-c1nc2cc(F)ccc2o1. The van der Waals surface area contributed by atoms with Crippen LogP contribution in [0.3, 0.4) is 0 Å². The summed E-state index contributed by atoms with van der Waals surface area (Å²) < 4.78 is 18.7. The maximum absolute atomic E-state index is 13.1. The standard InChI is InChI=1S/C14H11FN2O/c1-8-6-10(16)3-4-11(8)14-17-12-7-9(15)2-5-13(12)18-14/h2-7H,16H2,1H3. The molecule has 0 amide bonds. The van der Waals surface area contributed by atoms with Crippen molar-refractivity contribution in [1.29, 1.82) is 0 Å². The third-order valence-corrected chi connectivity index (χ3v) is 2.83. The van der Waals surface area contributed by atoms with Gasteiger partial charge in [-0.15, -0.1) is 0 Å². The van der Waals surface area contributed by atoms with E-state index in [0.29, 0.717) is 22.7 Å². The Bertz CT molecular complexity index is 734. The summed E-state index contributed by atoms with van der Waals surface area (Å²) in [7, 11) is 0. The van der Waals surface area contributed by atoms with Gasteiger partial charge in [-0.1, -0.05) is 0 Å². The minimum Gasteiger partial charge on any atom is -0.436 e. The van der Waals surface area contributed by atoms with E-state index in [1.807, 2.05) is 19.1 Å². The number of anilines is 1. The summed E-state index contributed by atoms with van der Waals surface area (Å²) in [5.41, 5.74) is 9.32. The number of aromatic nitrogens is 1. The van der Waals surface area contributed by atoms with Crippen molar-refractivity contribution in [3.63, 3.8) is 0 Å². The van der Waals surface area contributed by atoms with Gasteiger partial charge >= 0.3 is 0 Å². The number of benzene rings is 2. The lowest BCUT2D eigenvalue weighted by molar-refractivity contribution is 0.613. The quantitative estimate of drug-likeness (QED) is 0.664. The molecule has 0 saturated carbocycles. The van der Waals surface area contributed by atoms with Crippen LogP contribution in [0.4, 0.5) is 10.1 Å². The summed E-state index contributed by atoms with van der Waals surface area (Å²) in [5, 5.41) is 0. The minimum atomic E-state index is -0.323. The maximum Gasteiger partial charge on any atom is 0.227 e. The molecule has 3 rings (SSSR count). The number of rotatable bonds is 1. The lowest BCUT2D eigenvalue weighted by Crippen LogP contribution is -1.88. The monoisotopic (exact) mass is 242 g/mol. The fourth-order valence-corrected chi connectivity index (χ4v) is 1.94. The molecule has 0 aliphatic carbocycles. The van der Waals surface area contributed by atoms with Crippen molar-refractivity contribution >= 4 is 16.8 Å². The second kappa shape index (κ2) is 3.84. The molecule has 4 heteroatoms. The summed E-state index contributed by atoms with van der Waals surface area (Å²) in [4.78, 5) is 4.29. The van der Waals surface area contributed by atoms with Crippen LogP contribution in [0, 0.1) is 12.7 Å². The second-order valence-corrected chi connectivity index (χ2v) is 4.21. The number of nitrogens with two attached hydrogens (primary N) is 1. The van der Waals surface area contributed by atoms with Gasteiger partial charge in [-0.3, -0.25) is 0 Å². The number of oxazole rings is 1. The van der Waals surface area contributed by atoms with Crippen LogP contribution < -0.4 is 5.73 Å². The maximum atomic E-state index is 13.1. The Kier molecular flexibility index (Phi) is 2.30. The van der Waals surface area contributed by atoms with Gasteiger partial charge < -0.3 is 10.2 Å². The topological polar surface area (TPSA) is 52.0 Å². The van der Waals surface area contributed by atoms with E-state index in [-0.39, 0.29) is 5.82 Å². The molecule has 90 valence electrons. The highest BCUT2D eigenvalue weighted by molar-refractivity contribution is 5.77. The lowest BCUT2D eigenvalue weighted by Gasteiger charge is -2.01. The van der Waals surface area contributed by atoms with Crippen molar-refractivity contribution in [3.8, 4) is 11.5 Å². The van der Waals surface area contributed by atoms with Gasteiger partial charge in [0.1, 0.15) is 11.3 Å². The van der Waals surface area contributed by atoms with Crippen LogP contribution in [-0.4, -0.2) is 4.98 Å². The average Bonchev–Trinajstić information content (AvgIpc) is 2.71. The van der Waals surface area contributed by atoms with Crippen LogP contribution >= 0.6 is 0 Å². The molecule has 1 heterocycles. The molecular formula is C14H11FN2O. The molecule has 0 aliphatic heterocycles. The van der Waals surface area contributed by atoms with E-state index in [1.54, 1.807) is 12.1 Å². The molecule has 0 bridgehead atoms. The van der Waals surface area contributed by atoms with Gasteiger partial charge in [0.05, 0.1) is 0 Å². The molecule has 3 aromatic rings. The van der Waals surface area contributed by atoms with Crippen molar-refractivity contribution < 1.29 is 8.81 Å². The van der Waals surface area contributed by atoms with Gasteiger partial charge in [0, 0.05) is 17.3 Å². The number of halogens is 1. The molecule has 0 spiro atoms. The van der Waals surface area contributed by atoms with Crippen molar-refractivity contribution in [3.05, 3.63) is 47.8 Å². The zero-order chi connectivity index (χ0) is 12.7. The molecule has 0 aliphatic rings. The highest BCUT2D eigenvalue weighted by Crippen LogP contribution is 2.28. The van der Waals surface area contributed by atoms with Crippen molar-refractivity contribution in [1.82, 2.24) is 4.98 Å². The van der Waals surface area contributed by atoms with Crippen LogP contribution in [0.25, 0.3) is 22.6 Å². The normalized spacial score (nSPS) is 11.0. The van der Waals surface area contributed by atoms with Crippen molar-refractivity contribution in [2.24, 2.45) is 0 Å². The van der Waals surface area contributed by atoms with Crippen molar-refractivity contribution in [2.45, 2.75) is 6.92 Å². The fraction of sp³-hybridized carbons (Fsp3) is 0.0714. The molecule has 0 unspecified atom stereocenters. The number of hydrogen-bond acceptors (Lipinski definition) is 3. The first-order chi connectivity index (χ1) is 8.63. The van der Waals surface area contributed by atoms with E-state index in [0.717, 1.165) is 11.1 Å². The van der Waals surface area contributed by atoms with Crippen LogP contribution in [0.5, 0.6) is 0 Å². The molecule has 0 radical (unpaired) electrons. The van der Waals surface area contributed by atoms with Gasteiger partial charge in [0.2, 0.25) is 5.89 Å².